The zero-order valence-electron chi connectivity index (χ0n) is 12.0. The molecule has 1 heterocycles. The summed E-state index contributed by atoms with van der Waals surface area (Å²) in [6, 6.07) is 18.4. The van der Waals surface area contributed by atoms with Gasteiger partial charge in [-0.15, -0.1) is 0 Å². The van der Waals surface area contributed by atoms with E-state index in [9.17, 15) is 4.79 Å². The fourth-order valence-electron chi connectivity index (χ4n) is 2.96. The van der Waals surface area contributed by atoms with Gasteiger partial charge in [-0.1, -0.05) is 48.5 Å². The molecule has 0 aliphatic carbocycles. The molecule has 0 saturated carbocycles. The van der Waals surface area contributed by atoms with Crippen LogP contribution in [0.25, 0.3) is 0 Å². The summed E-state index contributed by atoms with van der Waals surface area (Å²) in [4.78, 5) is 14.2. The molecule has 1 aliphatic rings. The number of amides is 1. The Morgan fingerprint density at radius 3 is 2.48 bits per heavy atom. The molecule has 2 N–H and O–H groups in total. The Labute approximate surface area is 125 Å². The Morgan fingerprint density at radius 2 is 1.71 bits per heavy atom. The van der Waals surface area contributed by atoms with Crippen LogP contribution >= 0.6 is 0 Å². The highest BCUT2D eigenvalue weighted by atomic mass is 16.2. The summed E-state index contributed by atoms with van der Waals surface area (Å²) >= 11 is 0. The van der Waals surface area contributed by atoms with Crippen molar-refractivity contribution in [2.75, 3.05) is 18.0 Å². The number of anilines is 1. The zero-order chi connectivity index (χ0) is 14.7. The SMILES string of the molecule is NCC(CN1C(=O)CCc2ccccc21)c1ccccc1. The third kappa shape index (κ3) is 2.83. The van der Waals surface area contributed by atoms with E-state index < -0.39 is 0 Å². The molecule has 2 aromatic rings. The number of nitrogens with zero attached hydrogens (tertiary/aromatic N) is 1. The monoisotopic (exact) mass is 280 g/mol. The van der Waals surface area contributed by atoms with Crippen molar-refractivity contribution < 1.29 is 4.79 Å². The summed E-state index contributed by atoms with van der Waals surface area (Å²) in [7, 11) is 0. The highest BCUT2D eigenvalue weighted by Crippen LogP contribution is 2.29. The topological polar surface area (TPSA) is 46.3 Å². The van der Waals surface area contributed by atoms with Crippen LogP contribution in [0.3, 0.4) is 0 Å². The maximum Gasteiger partial charge on any atom is 0.227 e. The van der Waals surface area contributed by atoms with E-state index in [-0.39, 0.29) is 11.8 Å². The number of hydrogen-bond acceptors (Lipinski definition) is 2. The molecule has 3 rings (SSSR count). The first-order valence-electron chi connectivity index (χ1n) is 7.43. The standard InChI is InChI=1S/C18H20N2O/c19-12-16(14-6-2-1-3-7-14)13-20-17-9-5-4-8-15(17)10-11-18(20)21/h1-9,16H,10-13,19H2. The maximum atomic E-state index is 12.3. The Morgan fingerprint density at radius 1 is 1.00 bits per heavy atom. The molecule has 0 fully saturated rings. The van der Waals surface area contributed by atoms with Gasteiger partial charge >= 0.3 is 0 Å². The molecule has 0 aromatic heterocycles. The molecule has 0 spiro atoms. The maximum absolute atomic E-state index is 12.3. The smallest absolute Gasteiger partial charge is 0.227 e. The van der Waals surface area contributed by atoms with Crippen molar-refractivity contribution in [3.05, 3.63) is 65.7 Å². The number of hydrogen-bond donors (Lipinski definition) is 1. The minimum atomic E-state index is 0.168. The van der Waals surface area contributed by atoms with Crippen molar-refractivity contribution in [1.29, 1.82) is 0 Å². The molecular formula is C18H20N2O. The molecule has 0 bridgehead atoms. The lowest BCUT2D eigenvalue weighted by atomic mass is 9.95. The van der Waals surface area contributed by atoms with Crippen molar-refractivity contribution in [3.8, 4) is 0 Å². The summed E-state index contributed by atoms with van der Waals surface area (Å²) in [5.74, 6) is 0.365. The summed E-state index contributed by atoms with van der Waals surface area (Å²) in [6.07, 6.45) is 1.42. The second kappa shape index (κ2) is 6.10. The van der Waals surface area contributed by atoms with Crippen molar-refractivity contribution >= 4 is 11.6 Å². The van der Waals surface area contributed by atoms with Crippen LogP contribution in [0, 0.1) is 0 Å². The molecule has 0 saturated heterocycles. The first-order chi connectivity index (χ1) is 10.3. The number of para-hydroxylation sites is 1. The normalized spacial score (nSPS) is 15.7. The van der Waals surface area contributed by atoms with Gasteiger partial charge in [-0.05, 0) is 23.6 Å². The van der Waals surface area contributed by atoms with Gasteiger partial charge in [-0.25, -0.2) is 0 Å². The van der Waals surface area contributed by atoms with Crippen molar-refractivity contribution in [2.24, 2.45) is 5.73 Å². The Kier molecular flexibility index (Phi) is 4.02. The molecule has 1 amide bonds. The molecule has 2 aromatic carbocycles. The lowest BCUT2D eigenvalue weighted by molar-refractivity contribution is -0.118. The van der Waals surface area contributed by atoms with E-state index in [0.29, 0.717) is 19.5 Å². The van der Waals surface area contributed by atoms with Crippen LogP contribution in [0.4, 0.5) is 5.69 Å². The highest BCUT2D eigenvalue weighted by molar-refractivity contribution is 5.96. The third-order valence-corrected chi connectivity index (χ3v) is 4.15. The first kappa shape index (κ1) is 13.8. The van der Waals surface area contributed by atoms with E-state index in [1.54, 1.807) is 0 Å². The first-order valence-corrected chi connectivity index (χ1v) is 7.43. The van der Waals surface area contributed by atoms with Crippen LogP contribution in [0.15, 0.2) is 54.6 Å². The van der Waals surface area contributed by atoms with E-state index in [0.717, 1.165) is 12.1 Å². The molecule has 1 aliphatic heterocycles. The van der Waals surface area contributed by atoms with Gasteiger partial charge in [-0.2, -0.15) is 0 Å². The van der Waals surface area contributed by atoms with E-state index >= 15 is 0 Å². The Bertz CT molecular complexity index is 624. The number of carbonyl (C=O) groups excluding carboxylic acids is 1. The molecule has 1 atom stereocenters. The minimum absolute atomic E-state index is 0.168. The summed E-state index contributed by atoms with van der Waals surface area (Å²) in [5, 5.41) is 0. The zero-order valence-corrected chi connectivity index (χ0v) is 12.0. The van der Waals surface area contributed by atoms with Crippen LogP contribution in [-0.4, -0.2) is 19.0 Å². The largest absolute Gasteiger partial charge is 0.330 e. The second-order valence-electron chi connectivity index (χ2n) is 5.48. The van der Waals surface area contributed by atoms with E-state index in [4.69, 9.17) is 5.73 Å². The molecular weight excluding hydrogens is 260 g/mol. The number of rotatable bonds is 4. The van der Waals surface area contributed by atoms with Crippen molar-refractivity contribution in [3.63, 3.8) is 0 Å². The fourth-order valence-corrected chi connectivity index (χ4v) is 2.96. The summed E-state index contributed by atoms with van der Waals surface area (Å²) in [6.45, 7) is 1.19. The lowest BCUT2D eigenvalue weighted by Crippen LogP contribution is -2.39. The van der Waals surface area contributed by atoms with Crippen LogP contribution < -0.4 is 10.6 Å². The third-order valence-electron chi connectivity index (χ3n) is 4.15. The van der Waals surface area contributed by atoms with E-state index in [2.05, 4.69) is 18.2 Å². The molecule has 0 radical (unpaired) electrons. The molecule has 3 nitrogen and oxygen atoms in total. The predicted octanol–water partition coefficient (Wildman–Crippen LogP) is 2.71. The van der Waals surface area contributed by atoms with Crippen LogP contribution in [0.2, 0.25) is 0 Å². The van der Waals surface area contributed by atoms with E-state index in [1.165, 1.54) is 11.1 Å². The quantitative estimate of drug-likeness (QED) is 0.936. The van der Waals surface area contributed by atoms with Crippen LogP contribution in [0.1, 0.15) is 23.5 Å². The van der Waals surface area contributed by atoms with Gasteiger partial charge < -0.3 is 10.6 Å². The minimum Gasteiger partial charge on any atom is -0.330 e. The van der Waals surface area contributed by atoms with Gasteiger partial charge in [0.05, 0.1) is 0 Å². The highest BCUT2D eigenvalue weighted by Gasteiger charge is 2.26. The number of benzene rings is 2. The van der Waals surface area contributed by atoms with Gasteiger partial charge in [-0.3, -0.25) is 4.79 Å². The summed E-state index contributed by atoms with van der Waals surface area (Å²) < 4.78 is 0. The number of fused-ring (bicyclic) bond motifs is 1. The van der Waals surface area contributed by atoms with Crippen molar-refractivity contribution in [2.45, 2.75) is 18.8 Å². The van der Waals surface area contributed by atoms with Gasteiger partial charge in [0.1, 0.15) is 0 Å². The Balaban J connectivity index is 1.88. The number of nitrogens with two attached hydrogens (primary N) is 1. The van der Waals surface area contributed by atoms with Crippen molar-refractivity contribution in [1.82, 2.24) is 0 Å². The average molecular weight is 280 g/mol. The van der Waals surface area contributed by atoms with E-state index in [1.807, 2.05) is 41.3 Å². The second-order valence-corrected chi connectivity index (χ2v) is 5.48. The van der Waals surface area contributed by atoms with Crippen LogP contribution in [0.5, 0.6) is 0 Å². The fraction of sp³-hybridized carbons (Fsp3) is 0.278. The molecule has 108 valence electrons. The van der Waals surface area contributed by atoms with Gasteiger partial charge in [0.25, 0.3) is 0 Å². The lowest BCUT2D eigenvalue weighted by Gasteiger charge is -2.32. The van der Waals surface area contributed by atoms with Gasteiger partial charge in [0.15, 0.2) is 0 Å². The average Bonchev–Trinajstić information content (AvgIpc) is 2.55. The van der Waals surface area contributed by atoms with Gasteiger partial charge in [0.2, 0.25) is 5.91 Å². The number of aryl methyl sites for hydroxylation is 1. The van der Waals surface area contributed by atoms with Crippen LogP contribution in [-0.2, 0) is 11.2 Å². The predicted molar refractivity (Wildman–Crippen MR) is 85.4 cm³/mol. The number of carbonyl (C=O) groups is 1. The Hall–Kier alpha value is -2.13. The molecule has 1 unspecified atom stereocenters. The summed E-state index contributed by atoms with van der Waals surface area (Å²) in [5.41, 5.74) is 9.44. The molecule has 21 heavy (non-hydrogen) atoms. The molecule has 3 heteroatoms. The van der Waals surface area contributed by atoms with Gasteiger partial charge in [0, 0.05) is 31.1 Å².